The number of non-ortho nitro benzene ring substituents is 1. The summed E-state index contributed by atoms with van der Waals surface area (Å²) in [6.07, 6.45) is 0.686. The van der Waals surface area contributed by atoms with Gasteiger partial charge in [-0.25, -0.2) is 0 Å². The number of halogens is 2. The van der Waals surface area contributed by atoms with Gasteiger partial charge >= 0.3 is 0 Å². The predicted octanol–water partition coefficient (Wildman–Crippen LogP) is 4.40. The van der Waals surface area contributed by atoms with Gasteiger partial charge in [-0.1, -0.05) is 35.3 Å². The van der Waals surface area contributed by atoms with E-state index in [1.165, 1.54) is 12.1 Å². The molecule has 21 heavy (non-hydrogen) atoms. The molecule has 0 aromatic heterocycles. The first kappa shape index (κ1) is 15.8. The monoisotopic (exact) mass is 324 g/mol. The Balaban J connectivity index is 2.20. The molecule has 0 saturated heterocycles. The zero-order valence-electron chi connectivity index (χ0n) is 11.3. The van der Waals surface area contributed by atoms with Crippen molar-refractivity contribution in [3.8, 4) is 0 Å². The van der Waals surface area contributed by atoms with Crippen molar-refractivity contribution >= 4 is 28.9 Å². The van der Waals surface area contributed by atoms with Crippen LogP contribution in [0, 0.1) is 10.1 Å². The van der Waals surface area contributed by atoms with Crippen molar-refractivity contribution in [1.29, 1.82) is 0 Å². The van der Waals surface area contributed by atoms with Crippen LogP contribution in [-0.2, 0) is 6.42 Å². The molecule has 0 saturated carbocycles. The molecule has 0 aliphatic heterocycles. The third-order valence-electron chi connectivity index (χ3n) is 3.22. The molecule has 110 valence electrons. The third-order valence-corrected chi connectivity index (χ3v) is 3.66. The molecular weight excluding hydrogens is 311 g/mol. The van der Waals surface area contributed by atoms with E-state index in [9.17, 15) is 10.1 Å². The lowest BCUT2D eigenvalue weighted by atomic mass is 9.99. The van der Waals surface area contributed by atoms with E-state index in [1.807, 2.05) is 19.2 Å². The second kappa shape index (κ2) is 6.89. The summed E-state index contributed by atoms with van der Waals surface area (Å²) < 4.78 is 0. The highest BCUT2D eigenvalue weighted by Crippen LogP contribution is 2.26. The molecule has 1 unspecified atom stereocenters. The smallest absolute Gasteiger partial charge is 0.269 e. The Morgan fingerprint density at radius 1 is 1.14 bits per heavy atom. The predicted molar refractivity (Wildman–Crippen MR) is 85.1 cm³/mol. The van der Waals surface area contributed by atoms with Crippen LogP contribution in [0.2, 0.25) is 10.0 Å². The van der Waals surface area contributed by atoms with Crippen molar-refractivity contribution in [2.24, 2.45) is 0 Å². The zero-order chi connectivity index (χ0) is 15.4. The van der Waals surface area contributed by atoms with Crippen LogP contribution in [0.15, 0.2) is 42.5 Å². The number of nitro benzene ring substituents is 1. The number of nitro groups is 1. The highest BCUT2D eigenvalue weighted by atomic mass is 35.5. The largest absolute Gasteiger partial charge is 0.313 e. The quantitative estimate of drug-likeness (QED) is 0.654. The van der Waals surface area contributed by atoms with E-state index in [4.69, 9.17) is 23.2 Å². The summed E-state index contributed by atoms with van der Waals surface area (Å²) in [4.78, 5) is 10.2. The summed E-state index contributed by atoms with van der Waals surface area (Å²) in [5.41, 5.74) is 2.06. The number of nitrogens with one attached hydrogen (secondary N) is 1. The highest BCUT2D eigenvalue weighted by Gasteiger charge is 2.13. The van der Waals surface area contributed by atoms with Crippen LogP contribution in [0.5, 0.6) is 0 Å². The molecule has 0 radical (unpaired) electrons. The van der Waals surface area contributed by atoms with Gasteiger partial charge in [0, 0.05) is 28.2 Å². The maximum Gasteiger partial charge on any atom is 0.269 e. The number of benzene rings is 2. The molecule has 0 spiro atoms. The van der Waals surface area contributed by atoms with Gasteiger partial charge in [-0.2, -0.15) is 0 Å². The SMILES string of the molecule is CNC(Cc1ccc([N+](=O)[O-])cc1)c1cc(Cl)cc(Cl)c1. The molecule has 2 rings (SSSR count). The van der Waals surface area contributed by atoms with Crippen LogP contribution in [-0.4, -0.2) is 12.0 Å². The van der Waals surface area contributed by atoms with Crippen LogP contribution in [0.4, 0.5) is 5.69 Å². The fourth-order valence-corrected chi connectivity index (χ4v) is 2.70. The Bertz CT molecular complexity index is 624. The van der Waals surface area contributed by atoms with Crippen LogP contribution < -0.4 is 5.32 Å². The van der Waals surface area contributed by atoms with E-state index in [-0.39, 0.29) is 11.7 Å². The first-order valence-corrected chi connectivity index (χ1v) is 7.12. The lowest BCUT2D eigenvalue weighted by Gasteiger charge is -2.17. The second-order valence-corrected chi connectivity index (χ2v) is 5.54. The van der Waals surface area contributed by atoms with Crippen molar-refractivity contribution in [3.05, 3.63) is 73.8 Å². The molecule has 0 bridgehead atoms. The van der Waals surface area contributed by atoms with Gasteiger partial charge in [0.15, 0.2) is 0 Å². The van der Waals surface area contributed by atoms with Gasteiger partial charge in [0.25, 0.3) is 5.69 Å². The van der Waals surface area contributed by atoms with Gasteiger partial charge < -0.3 is 5.32 Å². The van der Waals surface area contributed by atoms with Crippen molar-refractivity contribution < 1.29 is 4.92 Å². The first-order valence-electron chi connectivity index (χ1n) is 6.36. The van der Waals surface area contributed by atoms with Crippen LogP contribution >= 0.6 is 23.2 Å². The van der Waals surface area contributed by atoms with E-state index in [0.717, 1.165) is 11.1 Å². The van der Waals surface area contributed by atoms with E-state index in [0.29, 0.717) is 16.5 Å². The molecule has 1 atom stereocenters. The molecule has 0 amide bonds. The molecule has 2 aromatic rings. The minimum absolute atomic E-state index is 0.0302. The van der Waals surface area contributed by atoms with Gasteiger partial charge in [0.2, 0.25) is 0 Å². The Kier molecular flexibility index (Phi) is 5.17. The summed E-state index contributed by atoms with van der Waals surface area (Å²) in [6.45, 7) is 0. The minimum Gasteiger partial charge on any atom is -0.313 e. The summed E-state index contributed by atoms with van der Waals surface area (Å²) in [6, 6.07) is 12.0. The maximum absolute atomic E-state index is 10.7. The molecule has 2 aromatic carbocycles. The molecule has 0 aliphatic rings. The number of nitrogens with zero attached hydrogens (tertiary/aromatic N) is 1. The Hall–Kier alpha value is -1.62. The van der Waals surface area contributed by atoms with Crippen molar-refractivity contribution in [1.82, 2.24) is 5.32 Å². The van der Waals surface area contributed by atoms with Gasteiger partial charge in [-0.15, -0.1) is 0 Å². The topological polar surface area (TPSA) is 55.2 Å². The van der Waals surface area contributed by atoms with Gasteiger partial charge in [0.1, 0.15) is 0 Å². The second-order valence-electron chi connectivity index (χ2n) is 4.67. The number of hydrogen-bond donors (Lipinski definition) is 1. The lowest BCUT2D eigenvalue weighted by Crippen LogP contribution is -2.18. The fraction of sp³-hybridized carbons (Fsp3) is 0.200. The van der Waals surface area contributed by atoms with Crippen LogP contribution in [0.25, 0.3) is 0 Å². The molecule has 0 heterocycles. The van der Waals surface area contributed by atoms with Gasteiger partial charge in [-0.3, -0.25) is 10.1 Å². The Morgan fingerprint density at radius 3 is 2.19 bits per heavy atom. The normalized spacial score (nSPS) is 12.1. The average molecular weight is 325 g/mol. The summed E-state index contributed by atoms with van der Waals surface area (Å²) in [5.74, 6) is 0. The highest BCUT2D eigenvalue weighted by molar-refractivity contribution is 6.34. The molecule has 4 nitrogen and oxygen atoms in total. The Labute approximate surface area is 132 Å². The van der Waals surface area contributed by atoms with Crippen molar-refractivity contribution in [2.75, 3.05) is 7.05 Å². The average Bonchev–Trinajstić information content (AvgIpc) is 2.44. The number of rotatable bonds is 5. The van der Waals surface area contributed by atoms with Crippen molar-refractivity contribution in [2.45, 2.75) is 12.5 Å². The summed E-state index contributed by atoms with van der Waals surface area (Å²) in [5, 5.41) is 15.0. The molecule has 6 heteroatoms. The summed E-state index contributed by atoms with van der Waals surface area (Å²) >= 11 is 12.0. The van der Waals surface area contributed by atoms with Crippen LogP contribution in [0.3, 0.4) is 0 Å². The molecule has 0 aliphatic carbocycles. The number of likely N-dealkylation sites (N-methyl/N-ethyl adjacent to an activating group) is 1. The number of hydrogen-bond acceptors (Lipinski definition) is 3. The van der Waals surface area contributed by atoms with Crippen molar-refractivity contribution in [3.63, 3.8) is 0 Å². The van der Waals surface area contributed by atoms with Crippen LogP contribution in [0.1, 0.15) is 17.2 Å². The third kappa shape index (κ3) is 4.17. The Morgan fingerprint density at radius 2 is 1.71 bits per heavy atom. The molecule has 0 fully saturated rings. The maximum atomic E-state index is 10.7. The van der Waals surface area contributed by atoms with E-state index < -0.39 is 4.92 Å². The van der Waals surface area contributed by atoms with Gasteiger partial charge in [0.05, 0.1) is 4.92 Å². The molecule has 1 N–H and O–H groups in total. The van der Waals surface area contributed by atoms with E-state index >= 15 is 0 Å². The minimum atomic E-state index is -0.407. The summed E-state index contributed by atoms with van der Waals surface area (Å²) in [7, 11) is 1.85. The molecular formula is C15H14Cl2N2O2. The van der Waals surface area contributed by atoms with E-state index in [2.05, 4.69) is 5.32 Å². The standard InChI is InChI=1S/C15H14Cl2N2O2/c1-18-15(11-7-12(16)9-13(17)8-11)6-10-2-4-14(5-3-10)19(20)21/h2-5,7-9,15,18H,6H2,1H3. The van der Waals surface area contributed by atoms with E-state index in [1.54, 1.807) is 18.2 Å². The first-order chi connectivity index (χ1) is 9.99. The van der Waals surface area contributed by atoms with Gasteiger partial charge in [-0.05, 0) is 42.8 Å². The fourth-order valence-electron chi connectivity index (χ4n) is 2.15. The zero-order valence-corrected chi connectivity index (χ0v) is 12.9. The lowest BCUT2D eigenvalue weighted by molar-refractivity contribution is -0.384.